The molecule has 1 aliphatic heterocycles. The molecule has 0 aromatic rings. The van der Waals surface area contributed by atoms with Crippen LogP contribution in [0.5, 0.6) is 0 Å². The summed E-state index contributed by atoms with van der Waals surface area (Å²) in [6.07, 6.45) is 9.56. The molecule has 1 atom stereocenters. The maximum absolute atomic E-state index is 5.94. The monoisotopic (exact) mass is 296 g/mol. The van der Waals surface area contributed by atoms with Crippen molar-refractivity contribution in [3.8, 4) is 0 Å². The van der Waals surface area contributed by atoms with Crippen LogP contribution in [0.1, 0.15) is 51.9 Å². The Morgan fingerprint density at radius 3 is 2.33 bits per heavy atom. The number of nitrogens with two attached hydrogens (primary N) is 1. The van der Waals surface area contributed by atoms with Gasteiger partial charge in [-0.15, -0.1) is 24.8 Å². The normalized spacial score (nSPS) is 33.3. The molecule has 0 aromatic carbocycles. The van der Waals surface area contributed by atoms with Crippen LogP contribution in [-0.4, -0.2) is 30.6 Å². The van der Waals surface area contributed by atoms with Crippen LogP contribution in [0.25, 0.3) is 0 Å². The SMILES string of the molecule is CC1CCCN(CCC2CCC(N)CC2)C1.Cl.Cl. The predicted octanol–water partition coefficient (Wildman–Crippen LogP) is 3.47. The van der Waals surface area contributed by atoms with E-state index in [0.29, 0.717) is 6.04 Å². The molecule has 0 spiro atoms. The topological polar surface area (TPSA) is 29.3 Å². The van der Waals surface area contributed by atoms with E-state index in [1.54, 1.807) is 0 Å². The van der Waals surface area contributed by atoms with Crippen molar-refractivity contribution >= 4 is 24.8 Å². The van der Waals surface area contributed by atoms with Crippen molar-refractivity contribution in [1.29, 1.82) is 0 Å². The fraction of sp³-hybridized carbons (Fsp3) is 1.00. The summed E-state index contributed by atoms with van der Waals surface area (Å²) < 4.78 is 0. The fourth-order valence-electron chi connectivity index (χ4n) is 3.33. The summed E-state index contributed by atoms with van der Waals surface area (Å²) >= 11 is 0. The zero-order chi connectivity index (χ0) is 11.4. The zero-order valence-electron chi connectivity index (χ0n) is 11.6. The Kier molecular flexibility index (Phi) is 9.67. The zero-order valence-corrected chi connectivity index (χ0v) is 13.3. The summed E-state index contributed by atoms with van der Waals surface area (Å²) in [6.45, 7) is 6.42. The molecule has 4 heteroatoms. The number of rotatable bonds is 3. The Morgan fingerprint density at radius 2 is 1.72 bits per heavy atom. The van der Waals surface area contributed by atoms with E-state index < -0.39 is 0 Å². The average Bonchev–Trinajstić information content (AvgIpc) is 2.28. The molecule has 2 fully saturated rings. The van der Waals surface area contributed by atoms with Gasteiger partial charge in [-0.25, -0.2) is 0 Å². The van der Waals surface area contributed by atoms with Crippen molar-refractivity contribution < 1.29 is 0 Å². The van der Waals surface area contributed by atoms with E-state index in [1.807, 2.05) is 0 Å². The minimum absolute atomic E-state index is 0. The van der Waals surface area contributed by atoms with Crippen molar-refractivity contribution in [1.82, 2.24) is 4.90 Å². The largest absolute Gasteiger partial charge is 0.328 e. The lowest BCUT2D eigenvalue weighted by molar-refractivity contribution is 0.164. The molecule has 1 heterocycles. The molecule has 18 heavy (non-hydrogen) atoms. The molecule has 110 valence electrons. The third-order valence-corrected chi connectivity index (χ3v) is 4.49. The van der Waals surface area contributed by atoms with Gasteiger partial charge in [-0.05, 0) is 69.9 Å². The summed E-state index contributed by atoms with van der Waals surface area (Å²) in [6, 6.07) is 0.506. The third-order valence-electron chi connectivity index (χ3n) is 4.49. The Morgan fingerprint density at radius 1 is 1.06 bits per heavy atom. The van der Waals surface area contributed by atoms with Gasteiger partial charge in [0.25, 0.3) is 0 Å². The van der Waals surface area contributed by atoms with Crippen molar-refractivity contribution in [2.24, 2.45) is 17.6 Å². The van der Waals surface area contributed by atoms with Gasteiger partial charge in [0, 0.05) is 12.6 Å². The van der Waals surface area contributed by atoms with Gasteiger partial charge in [0.1, 0.15) is 0 Å². The van der Waals surface area contributed by atoms with E-state index >= 15 is 0 Å². The minimum atomic E-state index is 0. The Balaban J connectivity index is 0.00000144. The average molecular weight is 297 g/mol. The highest BCUT2D eigenvalue weighted by Gasteiger charge is 2.21. The van der Waals surface area contributed by atoms with Crippen LogP contribution in [0.2, 0.25) is 0 Å². The third kappa shape index (κ3) is 6.10. The molecule has 0 aromatic heterocycles. The number of nitrogens with zero attached hydrogens (tertiary/aromatic N) is 1. The molecule has 2 N–H and O–H groups in total. The molecule has 2 nitrogen and oxygen atoms in total. The lowest BCUT2D eigenvalue weighted by Crippen LogP contribution is -2.36. The van der Waals surface area contributed by atoms with E-state index in [4.69, 9.17) is 5.73 Å². The first-order valence-corrected chi connectivity index (χ1v) is 7.22. The van der Waals surface area contributed by atoms with Gasteiger partial charge in [0.05, 0.1) is 0 Å². The summed E-state index contributed by atoms with van der Waals surface area (Å²) in [7, 11) is 0. The highest BCUT2D eigenvalue weighted by molar-refractivity contribution is 5.85. The Hall–Kier alpha value is 0.500. The van der Waals surface area contributed by atoms with Gasteiger partial charge >= 0.3 is 0 Å². The standard InChI is InChI=1S/C14H28N2.2ClH/c1-12-3-2-9-16(11-12)10-8-13-4-6-14(15)7-5-13;;/h12-14H,2-11,15H2,1H3;2*1H. The van der Waals surface area contributed by atoms with Crippen LogP contribution in [0, 0.1) is 11.8 Å². The molecule has 2 aliphatic rings. The number of halogens is 2. The van der Waals surface area contributed by atoms with Crippen LogP contribution in [0.4, 0.5) is 0 Å². The fourth-order valence-corrected chi connectivity index (χ4v) is 3.33. The van der Waals surface area contributed by atoms with E-state index in [1.165, 1.54) is 64.6 Å². The maximum atomic E-state index is 5.94. The van der Waals surface area contributed by atoms with Gasteiger partial charge in [-0.2, -0.15) is 0 Å². The Bertz CT molecular complexity index is 206. The molecule has 0 amide bonds. The highest BCUT2D eigenvalue weighted by atomic mass is 35.5. The van der Waals surface area contributed by atoms with Crippen molar-refractivity contribution in [3.05, 3.63) is 0 Å². The van der Waals surface area contributed by atoms with Crippen LogP contribution in [-0.2, 0) is 0 Å². The molecule has 1 unspecified atom stereocenters. The van der Waals surface area contributed by atoms with Gasteiger partial charge in [0.15, 0.2) is 0 Å². The number of hydrogen-bond donors (Lipinski definition) is 1. The minimum Gasteiger partial charge on any atom is -0.328 e. The van der Waals surface area contributed by atoms with Crippen molar-refractivity contribution in [2.75, 3.05) is 19.6 Å². The lowest BCUT2D eigenvalue weighted by Gasteiger charge is -2.33. The molecule has 1 saturated carbocycles. The second-order valence-electron chi connectivity index (χ2n) is 6.12. The first kappa shape index (κ1) is 18.5. The number of likely N-dealkylation sites (tertiary alicyclic amines) is 1. The smallest absolute Gasteiger partial charge is 0.00390 e. The lowest BCUT2D eigenvalue weighted by atomic mass is 9.84. The second kappa shape index (κ2) is 9.41. The Labute approximate surface area is 125 Å². The summed E-state index contributed by atoms with van der Waals surface area (Å²) in [5.74, 6) is 1.89. The quantitative estimate of drug-likeness (QED) is 0.864. The first-order valence-electron chi connectivity index (χ1n) is 7.22. The molecule has 1 saturated heterocycles. The predicted molar refractivity (Wildman–Crippen MR) is 83.9 cm³/mol. The van der Waals surface area contributed by atoms with E-state index in [9.17, 15) is 0 Å². The number of hydrogen-bond acceptors (Lipinski definition) is 2. The van der Waals surface area contributed by atoms with Crippen LogP contribution < -0.4 is 5.73 Å². The van der Waals surface area contributed by atoms with Crippen LogP contribution in [0.15, 0.2) is 0 Å². The number of piperidine rings is 1. The maximum Gasteiger partial charge on any atom is 0.00390 e. The van der Waals surface area contributed by atoms with Crippen LogP contribution >= 0.6 is 24.8 Å². The van der Waals surface area contributed by atoms with Gasteiger partial charge in [0.2, 0.25) is 0 Å². The summed E-state index contributed by atoms with van der Waals surface area (Å²) in [4.78, 5) is 2.68. The molecular formula is C14H30Cl2N2. The van der Waals surface area contributed by atoms with Gasteiger partial charge in [-0.3, -0.25) is 0 Å². The van der Waals surface area contributed by atoms with E-state index in [2.05, 4.69) is 11.8 Å². The highest BCUT2D eigenvalue weighted by Crippen LogP contribution is 2.26. The van der Waals surface area contributed by atoms with Crippen molar-refractivity contribution in [3.63, 3.8) is 0 Å². The summed E-state index contributed by atoms with van der Waals surface area (Å²) in [5.41, 5.74) is 5.94. The second-order valence-corrected chi connectivity index (χ2v) is 6.12. The molecule has 0 bridgehead atoms. The first-order chi connectivity index (χ1) is 7.74. The van der Waals surface area contributed by atoms with E-state index in [-0.39, 0.29) is 24.8 Å². The molecule has 2 rings (SSSR count). The van der Waals surface area contributed by atoms with E-state index in [0.717, 1.165) is 11.8 Å². The molecule has 0 radical (unpaired) electrons. The van der Waals surface area contributed by atoms with Gasteiger partial charge < -0.3 is 10.6 Å². The van der Waals surface area contributed by atoms with Gasteiger partial charge in [-0.1, -0.05) is 6.92 Å². The molecule has 1 aliphatic carbocycles. The van der Waals surface area contributed by atoms with Crippen LogP contribution in [0.3, 0.4) is 0 Å². The summed E-state index contributed by atoms with van der Waals surface area (Å²) in [5, 5.41) is 0. The molecular weight excluding hydrogens is 267 g/mol. The van der Waals surface area contributed by atoms with Crippen molar-refractivity contribution in [2.45, 2.75) is 57.9 Å².